The summed E-state index contributed by atoms with van der Waals surface area (Å²) in [5, 5.41) is 5.73. The summed E-state index contributed by atoms with van der Waals surface area (Å²) in [7, 11) is 0. The van der Waals surface area contributed by atoms with Crippen molar-refractivity contribution in [2.45, 2.75) is 63.5 Å². The molecule has 1 aromatic carbocycles. The summed E-state index contributed by atoms with van der Waals surface area (Å²) in [4.78, 5) is 39.1. The Morgan fingerprint density at radius 2 is 1.83 bits per heavy atom. The Hall–Kier alpha value is -2.77. The molecule has 0 radical (unpaired) electrons. The lowest BCUT2D eigenvalue weighted by Crippen LogP contribution is -2.45. The molecule has 0 spiro atoms. The maximum Gasteiger partial charge on any atom is 0.325 e. The van der Waals surface area contributed by atoms with E-state index in [9.17, 15) is 14.4 Å². The molecule has 1 aliphatic carbocycles. The molecule has 8 heteroatoms. The van der Waals surface area contributed by atoms with Gasteiger partial charge in [0.05, 0.1) is 0 Å². The number of fused-ring (bicyclic) bond motifs is 1. The number of hydrogen-bond acceptors (Lipinski definition) is 5. The van der Waals surface area contributed by atoms with Gasteiger partial charge in [-0.05, 0) is 37.5 Å². The van der Waals surface area contributed by atoms with Crippen LogP contribution in [0.1, 0.15) is 57.4 Å². The van der Waals surface area contributed by atoms with Gasteiger partial charge in [0.1, 0.15) is 12.1 Å². The molecule has 2 fully saturated rings. The second-order valence-corrected chi connectivity index (χ2v) is 8.12. The van der Waals surface area contributed by atoms with Crippen molar-refractivity contribution >= 4 is 17.8 Å². The van der Waals surface area contributed by atoms with E-state index in [1.165, 1.54) is 19.3 Å². The lowest BCUT2D eigenvalue weighted by molar-refractivity contribution is -0.135. The summed E-state index contributed by atoms with van der Waals surface area (Å²) >= 11 is 0. The molecule has 1 aromatic rings. The molecule has 1 saturated carbocycles. The summed E-state index contributed by atoms with van der Waals surface area (Å²) in [5.41, 5.74) is -0.665. The van der Waals surface area contributed by atoms with Crippen LogP contribution < -0.4 is 20.1 Å². The first-order valence-corrected chi connectivity index (χ1v) is 10.3. The molecule has 3 aliphatic rings. The monoisotopic (exact) mass is 401 g/mol. The molecule has 29 heavy (non-hydrogen) atoms. The Balaban J connectivity index is 1.43. The number of urea groups is 1. The zero-order chi connectivity index (χ0) is 20.4. The molecule has 4 amide bonds. The second kappa shape index (κ2) is 7.93. The van der Waals surface area contributed by atoms with Crippen molar-refractivity contribution in [3.05, 3.63) is 23.8 Å². The van der Waals surface area contributed by atoms with E-state index >= 15 is 0 Å². The number of carbonyl (C=O) groups is 3. The molecule has 2 aliphatic heterocycles. The van der Waals surface area contributed by atoms with Gasteiger partial charge < -0.3 is 20.1 Å². The number of nitrogens with one attached hydrogen (secondary N) is 2. The van der Waals surface area contributed by atoms with Gasteiger partial charge in [0.15, 0.2) is 11.5 Å². The van der Waals surface area contributed by atoms with E-state index in [1.807, 2.05) is 0 Å². The van der Waals surface area contributed by atoms with E-state index < -0.39 is 17.5 Å². The predicted molar refractivity (Wildman–Crippen MR) is 104 cm³/mol. The second-order valence-electron chi connectivity index (χ2n) is 8.12. The number of nitrogens with zero attached hydrogens (tertiary/aromatic N) is 1. The third-order valence-corrected chi connectivity index (χ3v) is 6.00. The van der Waals surface area contributed by atoms with Gasteiger partial charge in [-0.15, -0.1) is 0 Å². The zero-order valence-electron chi connectivity index (χ0n) is 16.7. The number of imide groups is 1. The minimum Gasteiger partial charge on any atom is -0.454 e. The van der Waals surface area contributed by atoms with Crippen molar-refractivity contribution in [1.29, 1.82) is 0 Å². The molecular formula is C21H27N3O5. The minimum atomic E-state index is -1.25. The van der Waals surface area contributed by atoms with Crippen molar-refractivity contribution in [2.75, 3.05) is 13.3 Å². The fourth-order valence-corrected chi connectivity index (χ4v) is 4.26. The summed E-state index contributed by atoms with van der Waals surface area (Å²) in [6.07, 6.45) is 7.70. The molecule has 8 nitrogen and oxygen atoms in total. The van der Waals surface area contributed by atoms with Crippen LogP contribution in [-0.2, 0) is 15.1 Å². The standard InChI is InChI=1S/C21H27N3O5/c1-21(14-9-10-16-17(11-14)29-13-28-16)19(26)24(20(27)23-21)12-18(25)22-15-7-5-3-2-4-6-8-15/h9-11,15H,2-8,12-13H2,1H3,(H,22,25)(H,23,27)/t21-/m1/s1. The Kier molecular flexibility index (Phi) is 5.34. The smallest absolute Gasteiger partial charge is 0.325 e. The minimum absolute atomic E-state index is 0.115. The van der Waals surface area contributed by atoms with Crippen LogP contribution in [0.2, 0.25) is 0 Å². The molecule has 4 rings (SSSR count). The average molecular weight is 401 g/mol. The fraction of sp³-hybridized carbons (Fsp3) is 0.571. The van der Waals surface area contributed by atoms with Crippen LogP contribution in [0.3, 0.4) is 0 Å². The Morgan fingerprint density at radius 3 is 2.59 bits per heavy atom. The first-order valence-electron chi connectivity index (χ1n) is 10.3. The van der Waals surface area contributed by atoms with E-state index in [-0.39, 0.29) is 25.3 Å². The van der Waals surface area contributed by atoms with Crippen LogP contribution in [-0.4, -0.2) is 42.1 Å². The summed E-state index contributed by atoms with van der Waals surface area (Å²) in [6.45, 7) is 1.49. The molecule has 0 bridgehead atoms. The SMILES string of the molecule is C[C@]1(c2ccc3c(c2)OCO3)NC(=O)N(CC(=O)NC2CCCCCCC2)C1=O. The van der Waals surface area contributed by atoms with Gasteiger partial charge in [0.2, 0.25) is 12.7 Å². The van der Waals surface area contributed by atoms with E-state index in [0.29, 0.717) is 17.1 Å². The average Bonchev–Trinajstić information content (AvgIpc) is 3.22. The number of rotatable bonds is 4. The van der Waals surface area contributed by atoms with Gasteiger partial charge in [-0.2, -0.15) is 0 Å². The quantitative estimate of drug-likeness (QED) is 0.755. The third kappa shape index (κ3) is 3.88. The zero-order valence-corrected chi connectivity index (χ0v) is 16.7. The number of ether oxygens (including phenoxy) is 2. The third-order valence-electron chi connectivity index (χ3n) is 6.00. The first kappa shape index (κ1) is 19.5. The lowest BCUT2D eigenvalue weighted by Gasteiger charge is -2.23. The largest absolute Gasteiger partial charge is 0.454 e. The van der Waals surface area contributed by atoms with Crippen LogP contribution in [0.5, 0.6) is 11.5 Å². The highest BCUT2D eigenvalue weighted by atomic mass is 16.7. The van der Waals surface area contributed by atoms with Gasteiger partial charge in [-0.1, -0.05) is 38.2 Å². The topological polar surface area (TPSA) is 97.0 Å². The van der Waals surface area contributed by atoms with Crippen LogP contribution in [0.25, 0.3) is 0 Å². The van der Waals surface area contributed by atoms with Crippen molar-refractivity contribution in [3.63, 3.8) is 0 Å². The predicted octanol–water partition coefficient (Wildman–Crippen LogP) is 2.41. The maximum absolute atomic E-state index is 13.1. The van der Waals surface area contributed by atoms with Gasteiger partial charge >= 0.3 is 6.03 Å². The maximum atomic E-state index is 13.1. The van der Waals surface area contributed by atoms with E-state index in [1.54, 1.807) is 25.1 Å². The van der Waals surface area contributed by atoms with Gasteiger partial charge in [0.25, 0.3) is 5.91 Å². The fourth-order valence-electron chi connectivity index (χ4n) is 4.26. The molecule has 2 N–H and O–H groups in total. The highest BCUT2D eigenvalue weighted by Gasteiger charge is 2.50. The molecule has 1 atom stereocenters. The van der Waals surface area contributed by atoms with Gasteiger partial charge in [0, 0.05) is 6.04 Å². The van der Waals surface area contributed by atoms with Crippen molar-refractivity contribution in [1.82, 2.24) is 15.5 Å². The number of hydrogen-bond donors (Lipinski definition) is 2. The normalized spacial score (nSPS) is 24.8. The van der Waals surface area contributed by atoms with E-state index in [0.717, 1.165) is 30.6 Å². The molecule has 1 saturated heterocycles. The van der Waals surface area contributed by atoms with Crippen molar-refractivity contribution in [3.8, 4) is 11.5 Å². The van der Waals surface area contributed by atoms with Crippen LogP contribution in [0, 0.1) is 0 Å². The van der Waals surface area contributed by atoms with E-state index in [2.05, 4.69) is 10.6 Å². The Labute approximate surface area is 169 Å². The van der Waals surface area contributed by atoms with Gasteiger partial charge in [-0.25, -0.2) is 4.79 Å². The molecule has 0 unspecified atom stereocenters. The number of amides is 4. The van der Waals surface area contributed by atoms with Crippen LogP contribution >= 0.6 is 0 Å². The Bertz CT molecular complexity index is 819. The van der Waals surface area contributed by atoms with Crippen LogP contribution in [0.4, 0.5) is 4.79 Å². The Morgan fingerprint density at radius 1 is 1.14 bits per heavy atom. The first-order chi connectivity index (χ1) is 14.0. The molecule has 0 aromatic heterocycles. The molecule has 2 heterocycles. The van der Waals surface area contributed by atoms with Crippen molar-refractivity contribution < 1.29 is 23.9 Å². The highest BCUT2D eigenvalue weighted by Crippen LogP contribution is 2.37. The highest BCUT2D eigenvalue weighted by molar-refractivity contribution is 6.09. The molecule has 156 valence electrons. The molecular weight excluding hydrogens is 374 g/mol. The van der Waals surface area contributed by atoms with E-state index in [4.69, 9.17) is 9.47 Å². The lowest BCUT2D eigenvalue weighted by atomic mass is 9.91. The van der Waals surface area contributed by atoms with Crippen molar-refractivity contribution in [2.24, 2.45) is 0 Å². The number of carbonyl (C=O) groups excluding carboxylic acids is 3. The van der Waals surface area contributed by atoms with Gasteiger partial charge in [-0.3, -0.25) is 14.5 Å². The van der Waals surface area contributed by atoms with Crippen LogP contribution in [0.15, 0.2) is 18.2 Å². The summed E-state index contributed by atoms with van der Waals surface area (Å²) < 4.78 is 10.7. The summed E-state index contributed by atoms with van der Waals surface area (Å²) in [6, 6.07) is 4.68. The number of benzene rings is 1. The summed E-state index contributed by atoms with van der Waals surface area (Å²) in [5.74, 6) is 0.388.